The van der Waals surface area contributed by atoms with E-state index in [1.165, 1.54) is 5.56 Å². The molecule has 31 heavy (non-hydrogen) atoms. The smallest absolute Gasteiger partial charge is 0.251 e. The van der Waals surface area contributed by atoms with Crippen molar-refractivity contribution in [2.75, 3.05) is 24.5 Å². The van der Waals surface area contributed by atoms with Crippen LogP contribution in [0.2, 0.25) is 0 Å². The predicted molar refractivity (Wildman–Crippen MR) is 123 cm³/mol. The highest BCUT2D eigenvalue weighted by molar-refractivity contribution is 5.97. The highest BCUT2D eigenvalue weighted by atomic mass is 16.2. The molecule has 0 bridgehead atoms. The highest BCUT2D eigenvalue weighted by Crippen LogP contribution is 2.21. The summed E-state index contributed by atoms with van der Waals surface area (Å²) in [6.45, 7) is 3.60. The SMILES string of the molecule is O=C(N[C@H]1CCCCNC1=O)c1ccc(N2CCC(NCc3ccccc3)CC2)cc1. The van der Waals surface area contributed by atoms with Crippen LogP contribution in [0.15, 0.2) is 54.6 Å². The van der Waals surface area contributed by atoms with Crippen LogP contribution in [-0.2, 0) is 11.3 Å². The Morgan fingerprint density at radius 3 is 2.45 bits per heavy atom. The summed E-state index contributed by atoms with van der Waals surface area (Å²) >= 11 is 0. The first-order valence-electron chi connectivity index (χ1n) is 11.4. The molecule has 6 heteroatoms. The van der Waals surface area contributed by atoms with Gasteiger partial charge in [-0.3, -0.25) is 9.59 Å². The van der Waals surface area contributed by atoms with Gasteiger partial charge in [0.05, 0.1) is 0 Å². The molecule has 1 atom stereocenters. The molecule has 2 fully saturated rings. The molecule has 2 saturated heterocycles. The fourth-order valence-electron chi connectivity index (χ4n) is 4.34. The number of amides is 2. The van der Waals surface area contributed by atoms with E-state index in [-0.39, 0.29) is 11.8 Å². The van der Waals surface area contributed by atoms with Crippen LogP contribution in [0.3, 0.4) is 0 Å². The second-order valence-electron chi connectivity index (χ2n) is 8.49. The number of carbonyl (C=O) groups is 2. The van der Waals surface area contributed by atoms with Crippen LogP contribution in [-0.4, -0.2) is 43.5 Å². The van der Waals surface area contributed by atoms with Crippen LogP contribution in [0, 0.1) is 0 Å². The van der Waals surface area contributed by atoms with Crippen molar-refractivity contribution in [3.8, 4) is 0 Å². The first-order chi connectivity index (χ1) is 15.2. The molecule has 0 unspecified atom stereocenters. The van der Waals surface area contributed by atoms with Crippen molar-refractivity contribution >= 4 is 17.5 Å². The molecule has 2 aliphatic rings. The van der Waals surface area contributed by atoms with Crippen molar-refractivity contribution in [2.24, 2.45) is 0 Å². The van der Waals surface area contributed by atoms with E-state index < -0.39 is 6.04 Å². The Balaban J connectivity index is 1.25. The summed E-state index contributed by atoms with van der Waals surface area (Å²) in [5, 5.41) is 9.41. The van der Waals surface area contributed by atoms with E-state index in [4.69, 9.17) is 0 Å². The Hall–Kier alpha value is -2.86. The Morgan fingerprint density at radius 1 is 0.968 bits per heavy atom. The van der Waals surface area contributed by atoms with E-state index in [1.54, 1.807) is 0 Å². The van der Waals surface area contributed by atoms with Gasteiger partial charge < -0.3 is 20.9 Å². The average Bonchev–Trinajstić information content (AvgIpc) is 3.03. The zero-order valence-electron chi connectivity index (χ0n) is 18.0. The molecule has 0 radical (unpaired) electrons. The van der Waals surface area contributed by atoms with Crippen molar-refractivity contribution in [3.05, 3.63) is 65.7 Å². The monoisotopic (exact) mass is 420 g/mol. The van der Waals surface area contributed by atoms with E-state index in [1.807, 2.05) is 30.3 Å². The molecule has 2 aliphatic heterocycles. The summed E-state index contributed by atoms with van der Waals surface area (Å²) < 4.78 is 0. The van der Waals surface area contributed by atoms with Gasteiger partial charge in [0.25, 0.3) is 5.91 Å². The molecule has 2 aromatic carbocycles. The number of hydrogen-bond donors (Lipinski definition) is 3. The van der Waals surface area contributed by atoms with Crippen molar-refractivity contribution in [3.63, 3.8) is 0 Å². The van der Waals surface area contributed by atoms with Crippen LogP contribution in [0.1, 0.15) is 48.0 Å². The van der Waals surface area contributed by atoms with Crippen molar-refractivity contribution in [1.82, 2.24) is 16.0 Å². The molecule has 2 aromatic rings. The van der Waals surface area contributed by atoms with Gasteiger partial charge in [-0.25, -0.2) is 0 Å². The fraction of sp³-hybridized carbons (Fsp3) is 0.440. The van der Waals surface area contributed by atoms with Crippen LogP contribution in [0.25, 0.3) is 0 Å². The lowest BCUT2D eigenvalue weighted by Gasteiger charge is -2.34. The molecular formula is C25H32N4O2. The topological polar surface area (TPSA) is 73.5 Å². The standard InChI is InChI=1S/C25H32N4O2/c30-24(28-23-8-4-5-15-26-25(23)31)20-9-11-22(12-10-20)29-16-13-21(14-17-29)27-18-19-6-2-1-3-7-19/h1-3,6-7,9-12,21,23,27H,4-5,8,13-18H2,(H,26,31)(H,28,30)/t23-/m0/s1. The molecule has 3 N–H and O–H groups in total. The number of benzene rings is 2. The van der Waals surface area contributed by atoms with Gasteiger partial charge in [-0.05, 0) is 61.9 Å². The maximum Gasteiger partial charge on any atom is 0.251 e. The number of carbonyl (C=O) groups excluding carboxylic acids is 2. The molecule has 0 spiro atoms. The number of rotatable bonds is 6. The summed E-state index contributed by atoms with van der Waals surface area (Å²) in [4.78, 5) is 27.0. The molecule has 164 valence electrons. The van der Waals surface area contributed by atoms with Gasteiger partial charge in [0.1, 0.15) is 6.04 Å². The highest BCUT2D eigenvalue weighted by Gasteiger charge is 2.23. The maximum absolute atomic E-state index is 12.6. The molecule has 2 heterocycles. The predicted octanol–water partition coefficient (Wildman–Crippen LogP) is 2.84. The average molecular weight is 421 g/mol. The summed E-state index contributed by atoms with van der Waals surface area (Å²) in [5.41, 5.74) is 3.06. The van der Waals surface area contributed by atoms with Crippen LogP contribution in [0.5, 0.6) is 0 Å². The van der Waals surface area contributed by atoms with Crippen LogP contribution in [0.4, 0.5) is 5.69 Å². The quantitative estimate of drug-likeness (QED) is 0.672. The molecule has 4 rings (SSSR count). The van der Waals surface area contributed by atoms with E-state index in [0.717, 1.165) is 51.0 Å². The number of nitrogens with zero attached hydrogens (tertiary/aromatic N) is 1. The lowest BCUT2D eigenvalue weighted by atomic mass is 10.0. The van der Waals surface area contributed by atoms with Crippen molar-refractivity contribution in [2.45, 2.75) is 50.7 Å². The lowest BCUT2D eigenvalue weighted by molar-refractivity contribution is -0.122. The summed E-state index contributed by atoms with van der Waals surface area (Å²) in [6, 6.07) is 18.4. The zero-order chi connectivity index (χ0) is 21.5. The summed E-state index contributed by atoms with van der Waals surface area (Å²) in [7, 11) is 0. The molecule has 6 nitrogen and oxygen atoms in total. The van der Waals surface area contributed by atoms with Crippen molar-refractivity contribution < 1.29 is 9.59 Å². The van der Waals surface area contributed by atoms with Gasteiger partial charge in [0.2, 0.25) is 5.91 Å². The Labute approximate surface area is 184 Å². The van der Waals surface area contributed by atoms with Crippen molar-refractivity contribution in [1.29, 1.82) is 0 Å². The number of piperidine rings is 1. The Kier molecular flexibility index (Phi) is 7.20. The zero-order valence-corrected chi connectivity index (χ0v) is 18.0. The number of nitrogens with one attached hydrogen (secondary N) is 3. The minimum absolute atomic E-state index is 0.0776. The van der Waals surface area contributed by atoms with Crippen LogP contribution < -0.4 is 20.9 Å². The Morgan fingerprint density at radius 2 is 1.71 bits per heavy atom. The molecule has 2 amide bonds. The van der Waals surface area contributed by atoms with Gasteiger partial charge in [-0.2, -0.15) is 0 Å². The number of hydrogen-bond acceptors (Lipinski definition) is 4. The van der Waals surface area contributed by atoms with Gasteiger partial charge in [0, 0.05) is 43.5 Å². The fourth-order valence-corrected chi connectivity index (χ4v) is 4.34. The molecule has 0 aliphatic carbocycles. The molecule has 0 aromatic heterocycles. The Bertz CT molecular complexity index is 861. The van der Waals surface area contributed by atoms with E-state index >= 15 is 0 Å². The maximum atomic E-state index is 12.6. The van der Waals surface area contributed by atoms with E-state index in [9.17, 15) is 9.59 Å². The molecular weight excluding hydrogens is 388 g/mol. The normalized spacial score (nSPS) is 20.1. The van der Waals surface area contributed by atoms with E-state index in [2.05, 4.69) is 45.1 Å². The minimum Gasteiger partial charge on any atom is -0.371 e. The largest absolute Gasteiger partial charge is 0.371 e. The first kappa shape index (κ1) is 21.4. The van der Waals surface area contributed by atoms with E-state index in [0.29, 0.717) is 24.6 Å². The second-order valence-corrected chi connectivity index (χ2v) is 8.49. The van der Waals surface area contributed by atoms with Gasteiger partial charge >= 0.3 is 0 Å². The van der Waals surface area contributed by atoms with Gasteiger partial charge in [0.15, 0.2) is 0 Å². The summed E-state index contributed by atoms with van der Waals surface area (Å²) in [6.07, 6.45) is 4.81. The second kappa shape index (κ2) is 10.4. The minimum atomic E-state index is -0.433. The third-order valence-corrected chi connectivity index (χ3v) is 6.27. The van der Waals surface area contributed by atoms with Gasteiger partial charge in [-0.1, -0.05) is 30.3 Å². The van der Waals surface area contributed by atoms with Gasteiger partial charge in [-0.15, -0.1) is 0 Å². The summed E-state index contributed by atoms with van der Waals surface area (Å²) in [5.74, 6) is -0.261. The number of anilines is 1. The first-order valence-corrected chi connectivity index (χ1v) is 11.4. The van der Waals surface area contributed by atoms with Crippen LogP contribution >= 0.6 is 0 Å². The lowest BCUT2D eigenvalue weighted by Crippen LogP contribution is -2.45. The third kappa shape index (κ3) is 5.85. The molecule has 0 saturated carbocycles. The third-order valence-electron chi connectivity index (χ3n) is 6.27.